The molecule has 0 fully saturated rings. The highest BCUT2D eigenvalue weighted by atomic mass is 79.9. The van der Waals surface area contributed by atoms with Gasteiger partial charge in [-0.3, -0.25) is 0 Å². The van der Waals surface area contributed by atoms with Crippen LogP contribution < -0.4 is 0 Å². The molecule has 0 radical (unpaired) electrons. The second kappa shape index (κ2) is 5.55. The van der Waals surface area contributed by atoms with Crippen LogP contribution in [0, 0.1) is 6.92 Å². The molecule has 2 aromatic rings. The standard InChI is InChI=1S/C14H11Br2Cl/c1-9-2-5-12(16)8-13(9)14(17)10-3-6-11(15)7-4-10/h2-8,14H,1H3. The van der Waals surface area contributed by atoms with Crippen molar-refractivity contribution < 1.29 is 0 Å². The Morgan fingerprint density at radius 2 is 1.53 bits per heavy atom. The first kappa shape index (κ1) is 13.1. The van der Waals surface area contributed by atoms with Crippen molar-refractivity contribution in [2.24, 2.45) is 0 Å². The first-order chi connectivity index (χ1) is 8.08. The van der Waals surface area contributed by atoms with Gasteiger partial charge < -0.3 is 0 Å². The summed E-state index contributed by atoms with van der Waals surface area (Å²) in [7, 11) is 0. The molecule has 0 saturated carbocycles. The van der Waals surface area contributed by atoms with Crippen LogP contribution in [0.2, 0.25) is 0 Å². The van der Waals surface area contributed by atoms with Crippen molar-refractivity contribution in [3.8, 4) is 0 Å². The molecule has 88 valence electrons. The predicted molar refractivity (Wildman–Crippen MR) is 80.7 cm³/mol. The van der Waals surface area contributed by atoms with Crippen LogP contribution in [0.25, 0.3) is 0 Å². The summed E-state index contributed by atoms with van der Waals surface area (Å²) >= 11 is 13.4. The van der Waals surface area contributed by atoms with Crippen molar-refractivity contribution in [1.29, 1.82) is 0 Å². The second-order valence-corrected chi connectivity index (χ2v) is 6.18. The van der Waals surface area contributed by atoms with Gasteiger partial charge in [-0.05, 0) is 47.9 Å². The van der Waals surface area contributed by atoms with Crippen LogP contribution in [-0.2, 0) is 0 Å². The maximum atomic E-state index is 6.53. The summed E-state index contributed by atoms with van der Waals surface area (Å²) in [4.78, 5) is 0. The summed E-state index contributed by atoms with van der Waals surface area (Å²) in [6.07, 6.45) is 0. The van der Waals surface area contributed by atoms with Gasteiger partial charge in [-0.2, -0.15) is 0 Å². The molecule has 0 N–H and O–H groups in total. The van der Waals surface area contributed by atoms with Gasteiger partial charge in [0.2, 0.25) is 0 Å². The molecule has 0 spiro atoms. The molecule has 1 atom stereocenters. The smallest absolute Gasteiger partial charge is 0.0838 e. The van der Waals surface area contributed by atoms with Gasteiger partial charge in [0.05, 0.1) is 5.38 Å². The van der Waals surface area contributed by atoms with E-state index in [1.807, 2.05) is 30.3 Å². The molecule has 0 heterocycles. The van der Waals surface area contributed by atoms with Crippen LogP contribution in [0.5, 0.6) is 0 Å². The molecule has 1 unspecified atom stereocenters. The highest BCUT2D eigenvalue weighted by Crippen LogP contribution is 2.33. The molecule has 0 bridgehead atoms. The molecule has 0 nitrogen and oxygen atoms in total. The normalized spacial score (nSPS) is 12.5. The van der Waals surface area contributed by atoms with Gasteiger partial charge in [0.15, 0.2) is 0 Å². The first-order valence-electron chi connectivity index (χ1n) is 5.23. The molecule has 0 aliphatic heterocycles. The lowest BCUT2D eigenvalue weighted by molar-refractivity contribution is 1.11. The van der Waals surface area contributed by atoms with E-state index in [4.69, 9.17) is 11.6 Å². The van der Waals surface area contributed by atoms with Gasteiger partial charge in [-0.25, -0.2) is 0 Å². The molecule has 2 rings (SSSR count). The summed E-state index contributed by atoms with van der Waals surface area (Å²) in [5, 5.41) is -0.111. The van der Waals surface area contributed by atoms with E-state index in [1.54, 1.807) is 0 Å². The van der Waals surface area contributed by atoms with Crippen molar-refractivity contribution in [3.63, 3.8) is 0 Å². The van der Waals surface area contributed by atoms with Gasteiger partial charge in [0, 0.05) is 8.95 Å². The maximum absolute atomic E-state index is 6.53. The molecule has 0 saturated heterocycles. The number of benzene rings is 2. The van der Waals surface area contributed by atoms with Crippen molar-refractivity contribution >= 4 is 43.5 Å². The molecule has 0 aromatic heterocycles. The van der Waals surface area contributed by atoms with Crippen LogP contribution in [0.4, 0.5) is 0 Å². The molecule has 17 heavy (non-hydrogen) atoms. The number of hydrogen-bond acceptors (Lipinski definition) is 0. The lowest BCUT2D eigenvalue weighted by Gasteiger charge is -2.13. The third-order valence-electron chi connectivity index (χ3n) is 2.68. The largest absolute Gasteiger partial charge is 0.113 e. The van der Waals surface area contributed by atoms with Gasteiger partial charge in [-0.1, -0.05) is 50.1 Å². The van der Waals surface area contributed by atoms with Crippen molar-refractivity contribution in [3.05, 3.63) is 68.1 Å². The minimum Gasteiger partial charge on any atom is -0.113 e. The zero-order valence-corrected chi connectivity index (χ0v) is 13.2. The van der Waals surface area contributed by atoms with Crippen molar-refractivity contribution in [2.45, 2.75) is 12.3 Å². The number of hydrogen-bond donors (Lipinski definition) is 0. The second-order valence-electron chi connectivity index (χ2n) is 3.92. The number of rotatable bonds is 2. The summed E-state index contributed by atoms with van der Waals surface area (Å²) in [6.45, 7) is 2.08. The minimum absolute atomic E-state index is 0.111. The average molecular weight is 375 g/mol. The van der Waals surface area contributed by atoms with E-state index < -0.39 is 0 Å². The monoisotopic (exact) mass is 372 g/mol. The first-order valence-corrected chi connectivity index (χ1v) is 7.26. The Morgan fingerprint density at radius 3 is 2.18 bits per heavy atom. The van der Waals surface area contributed by atoms with Crippen LogP contribution in [0.15, 0.2) is 51.4 Å². The fourth-order valence-electron chi connectivity index (χ4n) is 1.70. The Labute approximate surface area is 123 Å². The van der Waals surface area contributed by atoms with Crippen LogP contribution >= 0.6 is 43.5 Å². The molecule has 0 amide bonds. The highest BCUT2D eigenvalue weighted by Gasteiger charge is 2.13. The summed E-state index contributed by atoms with van der Waals surface area (Å²) in [6, 6.07) is 14.3. The van der Waals surface area contributed by atoms with E-state index in [9.17, 15) is 0 Å². The molecule has 0 aliphatic carbocycles. The average Bonchev–Trinajstić information content (AvgIpc) is 2.32. The Bertz CT molecular complexity index is 520. The number of alkyl halides is 1. The number of halogens is 3. The summed E-state index contributed by atoms with van der Waals surface area (Å²) in [5.41, 5.74) is 3.45. The van der Waals surface area contributed by atoms with Gasteiger partial charge in [0.1, 0.15) is 0 Å². The zero-order valence-electron chi connectivity index (χ0n) is 9.25. The van der Waals surface area contributed by atoms with E-state index in [-0.39, 0.29) is 5.38 Å². The topological polar surface area (TPSA) is 0 Å². The Hall–Kier alpha value is -0.310. The zero-order chi connectivity index (χ0) is 12.4. The van der Waals surface area contributed by atoms with Crippen LogP contribution in [0.1, 0.15) is 22.1 Å². The molecular formula is C14H11Br2Cl. The third kappa shape index (κ3) is 3.12. The summed E-state index contributed by atoms with van der Waals surface area (Å²) in [5.74, 6) is 0. The van der Waals surface area contributed by atoms with E-state index in [1.165, 1.54) is 5.56 Å². The number of aryl methyl sites for hydroxylation is 1. The van der Waals surface area contributed by atoms with Crippen molar-refractivity contribution in [2.75, 3.05) is 0 Å². The highest BCUT2D eigenvalue weighted by molar-refractivity contribution is 9.10. The van der Waals surface area contributed by atoms with E-state index in [0.29, 0.717) is 0 Å². The third-order valence-corrected chi connectivity index (χ3v) is 4.19. The molecular weight excluding hydrogens is 363 g/mol. The van der Waals surface area contributed by atoms with Crippen LogP contribution in [0.3, 0.4) is 0 Å². The SMILES string of the molecule is Cc1ccc(Br)cc1C(Cl)c1ccc(Br)cc1. The molecule has 0 aliphatic rings. The van der Waals surface area contributed by atoms with E-state index >= 15 is 0 Å². The van der Waals surface area contributed by atoms with Crippen molar-refractivity contribution in [1.82, 2.24) is 0 Å². The lowest BCUT2D eigenvalue weighted by Crippen LogP contribution is -1.96. The molecule has 2 aromatic carbocycles. The Balaban J connectivity index is 2.39. The Kier molecular flexibility index (Phi) is 4.29. The maximum Gasteiger partial charge on any atom is 0.0838 e. The summed E-state index contributed by atoms with van der Waals surface area (Å²) < 4.78 is 2.12. The van der Waals surface area contributed by atoms with E-state index in [2.05, 4.69) is 50.9 Å². The van der Waals surface area contributed by atoms with Gasteiger partial charge in [0.25, 0.3) is 0 Å². The van der Waals surface area contributed by atoms with Gasteiger partial charge in [-0.15, -0.1) is 11.6 Å². The minimum atomic E-state index is -0.111. The lowest BCUT2D eigenvalue weighted by atomic mass is 10.0. The fraction of sp³-hybridized carbons (Fsp3) is 0.143. The van der Waals surface area contributed by atoms with Crippen LogP contribution in [-0.4, -0.2) is 0 Å². The Morgan fingerprint density at radius 1 is 0.941 bits per heavy atom. The molecule has 3 heteroatoms. The van der Waals surface area contributed by atoms with Gasteiger partial charge >= 0.3 is 0 Å². The predicted octanol–water partition coefficient (Wildman–Crippen LogP) is 5.85. The fourth-order valence-corrected chi connectivity index (χ4v) is 2.72. The quantitative estimate of drug-likeness (QED) is 0.579. The van der Waals surface area contributed by atoms with E-state index in [0.717, 1.165) is 20.1 Å².